The molecule has 162 valence electrons. The molecule has 0 bridgehead atoms. The average Bonchev–Trinajstić information content (AvgIpc) is 2.80. The molecule has 0 radical (unpaired) electrons. The fourth-order valence-corrected chi connectivity index (χ4v) is 3.32. The van der Waals surface area contributed by atoms with E-state index in [2.05, 4.69) is 33.8 Å². The first kappa shape index (κ1) is 22.2. The number of carbonyl (C=O) groups excluding carboxylic acids is 1. The Balaban J connectivity index is 1.43. The molecule has 31 heavy (non-hydrogen) atoms. The van der Waals surface area contributed by atoms with Gasteiger partial charge >= 0.3 is 0 Å². The van der Waals surface area contributed by atoms with Crippen molar-refractivity contribution in [2.45, 2.75) is 6.42 Å². The summed E-state index contributed by atoms with van der Waals surface area (Å²) in [6, 6.07) is 22.0. The van der Waals surface area contributed by atoms with Crippen LogP contribution in [0.25, 0.3) is 10.8 Å². The lowest BCUT2D eigenvalue weighted by molar-refractivity contribution is 0.0827. The predicted octanol–water partition coefficient (Wildman–Crippen LogP) is 3.33. The first-order valence-corrected chi connectivity index (χ1v) is 10.4. The average molecular weight is 419 g/mol. The van der Waals surface area contributed by atoms with Gasteiger partial charge in [0.05, 0.1) is 6.54 Å². The monoisotopic (exact) mass is 418 g/mol. The quantitative estimate of drug-likeness (QED) is 0.335. The van der Waals surface area contributed by atoms with Crippen LogP contribution in [0.1, 0.15) is 15.9 Å². The Morgan fingerprint density at radius 2 is 1.71 bits per heavy atom. The molecular formula is C25H30N4O2. The van der Waals surface area contributed by atoms with Crippen LogP contribution in [0.4, 0.5) is 0 Å². The van der Waals surface area contributed by atoms with E-state index in [1.54, 1.807) is 26.0 Å². The number of hydrogen-bond acceptors (Lipinski definition) is 3. The zero-order valence-electron chi connectivity index (χ0n) is 18.4. The van der Waals surface area contributed by atoms with Crippen molar-refractivity contribution in [1.82, 2.24) is 15.5 Å². The maximum absolute atomic E-state index is 12.1. The van der Waals surface area contributed by atoms with Gasteiger partial charge < -0.3 is 20.3 Å². The second-order valence-electron chi connectivity index (χ2n) is 7.40. The molecule has 1 amide bonds. The van der Waals surface area contributed by atoms with Crippen LogP contribution in [0.5, 0.6) is 5.75 Å². The summed E-state index contributed by atoms with van der Waals surface area (Å²) in [5.41, 5.74) is 1.81. The van der Waals surface area contributed by atoms with Crippen LogP contribution >= 0.6 is 0 Å². The number of fused-ring (bicyclic) bond motifs is 1. The van der Waals surface area contributed by atoms with Crippen LogP contribution < -0.4 is 15.4 Å². The van der Waals surface area contributed by atoms with E-state index < -0.39 is 0 Å². The number of nitrogens with zero attached hydrogens (tertiary/aromatic N) is 2. The molecule has 0 atom stereocenters. The van der Waals surface area contributed by atoms with Gasteiger partial charge in [-0.3, -0.25) is 9.79 Å². The van der Waals surface area contributed by atoms with E-state index in [1.165, 1.54) is 5.39 Å². The molecule has 0 saturated carbocycles. The molecule has 0 aliphatic rings. The Morgan fingerprint density at radius 3 is 2.52 bits per heavy atom. The van der Waals surface area contributed by atoms with Crippen molar-refractivity contribution in [1.29, 1.82) is 0 Å². The number of benzene rings is 3. The van der Waals surface area contributed by atoms with Gasteiger partial charge in [-0.25, -0.2) is 0 Å². The lowest BCUT2D eigenvalue weighted by Gasteiger charge is -2.14. The molecule has 0 spiro atoms. The largest absolute Gasteiger partial charge is 0.491 e. The molecule has 0 fully saturated rings. The van der Waals surface area contributed by atoms with Crippen LogP contribution in [0, 0.1) is 0 Å². The standard InChI is InChI=1S/C25H30N4O2/c1-26-25(27-15-14-19-8-6-11-21(18-19)24(30)29(2)3)28-16-17-31-23-13-7-10-20-9-4-5-12-22(20)23/h4-13,18H,14-17H2,1-3H3,(H2,26,27,28). The molecule has 3 aromatic rings. The molecule has 0 unspecified atom stereocenters. The van der Waals surface area contributed by atoms with Gasteiger partial charge in [0.15, 0.2) is 5.96 Å². The molecule has 6 heteroatoms. The predicted molar refractivity (Wildman–Crippen MR) is 127 cm³/mol. The number of guanidine groups is 1. The summed E-state index contributed by atoms with van der Waals surface area (Å²) < 4.78 is 5.96. The summed E-state index contributed by atoms with van der Waals surface area (Å²) in [5.74, 6) is 1.62. The fraction of sp³-hybridized carbons (Fsp3) is 0.280. The van der Waals surface area contributed by atoms with Crippen molar-refractivity contribution < 1.29 is 9.53 Å². The minimum Gasteiger partial charge on any atom is -0.491 e. The number of ether oxygens (including phenoxy) is 1. The molecule has 0 aliphatic carbocycles. The van der Waals surface area contributed by atoms with Crippen LogP contribution in [0.2, 0.25) is 0 Å². The van der Waals surface area contributed by atoms with E-state index >= 15 is 0 Å². The van der Waals surface area contributed by atoms with E-state index in [0.29, 0.717) is 25.3 Å². The van der Waals surface area contributed by atoms with Crippen LogP contribution in [-0.4, -0.2) is 57.6 Å². The smallest absolute Gasteiger partial charge is 0.253 e. The molecule has 6 nitrogen and oxygen atoms in total. The first-order chi connectivity index (χ1) is 15.1. The molecular weight excluding hydrogens is 388 g/mol. The third-order valence-corrected chi connectivity index (χ3v) is 4.91. The summed E-state index contributed by atoms with van der Waals surface area (Å²) in [5, 5.41) is 8.86. The van der Waals surface area contributed by atoms with Crippen molar-refractivity contribution in [2.75, 3.05) is 40.8 Å². The molecule has 2 N–H and O–H groups in total. The Kier molecular flexibility index (Phi) is 7.87. The highest BCUT2D eigenvalue weighted by molar-refractivity contribution is 5.94. The minimum atomic E-state index is 0.0125. The summed E-state index contributed by atoms with van der Waals surface area (Å²) in [6.07, 6.45) is 0.793. The summed E-state index contributed by atoms with van der Waals surface area (Å²) in [4.78, 5) is 18.0. The summed E-state index contributed by atoms with van der Waals surface area (Å²) >= 11 is 0. The van der Waals surface area contributed by atoms with Gasteiger partial charge in [-0.1, -0.05) is 48.5 Å². The van der Waals surface area contributed by atoms with Crippen molar-refractivity contribution in [3.8, 4) is 5.75 Å². The Morgan fingerprint density at radius 1 is 0.968 bits per heavy atom. The zero-order chi connectivity index (χ0) is 22.1. The van der Waals surface area contributed by atoms with Crippen molar-refractivity contribution in [2.24, 2.45) is 4.99 Å². The topological polar surface area (TPSA) is 66.0 Å². The summed E-state index contributed by atoms with van der Waals surface area (Å²) in [6.45, 7) is 1.88. The van der Waals surface area contributed by atoms with E-state index in [4.69, 9.17) is 4.74 Å². The Bertz CT molecular complexity index is 1040. The van der Waals surface area contributed by atoms with Gasteiger partial charge in [0.1, 0.15) is 12.4 Å². The molecule has 3 rings (SSSR count). The van der Waals surface area contributed by atoms with E-state index in [-0.39, 0.29) is 5.91 Å². The van der Waals surface area contributed by atoms with Crippen LogP contribution in [0.3, 0.4) is 0 Å². The molecule has 0 aliphatic heterocycles. The maximum atomic E-state index is 12.1. The number of carbonyl (C=O) groups is 1. The lowest BCUT2D eigenvalue weighted by atomic mass is 10.1. The molecule has 0 saturated heterocycles. The van der Waals surface area contributed by atoms with Crippen LogP contribution in [0.15, 0.2) is 71.7 Å². The Hall–Kier alpha value is -3.54. The number of aliphatic imine (C=N–C) groups is 1. The van der Waals surface area contributed by atoms with Crippen molar-refractivity contribution >= 4 is 22.6 Å². The van der Waals surface area contributed by atoms with E-state index in [0.717, 1.165) is 29.1 Å². The fourth-order valence-electron chi connectivity index (χ4n) is 3.32. The van der Waals surface area contributed by atoms with Crippen molar-refractivity contribution in [3.05, 3.63) is 77.9 Å². The van der Waals surface area contributed by atoms with E-state index in [1.807, 2.05) is 48.5 Å². The number of rotatable bonds is 8. The normalized spacial score (nSPS) is 11.3. The van der Waals surface area contributed by atoms with Crippen LogP contribution in [-0.2, 0) is 6.42 Å². The highest BCUT2D eigenvalue weighted by Crippen LogP contribution is 2.24. The van der Waals surface area contributed by atoms with Gasteiger partial charge in [0.2, 0.25) is 0 Å². The SMILES string of the molecule is CN=C(NCCOc1cccc2ccccc12)NCCc1cccc(C(=O)N(C)C)c1. The minimum absolute atomic E-state index is 0.0125. The first-order valence-electron chi connectivity index (χ1n) is 10.4. The lowest BCUT2D eigenvalue weighted by Crippen LogP contribution is -2.40. The van der Waals surface area contributed by atoms with Gasteiger partial charge in [0.25, 0.3) is 5.91 Å². The van der Waals surface area contributed by atoms with Gasteiger partial charge in [-0.15, -0.1) is 0 Å². The number of hydrogen-bond donors (Lipinski definition) is 2. The molecule has 0 aromatic heterocycles. The highest BCUT2D eigenvalue weighted by Gasteiger charge is 2.08. The highest BCUT2D eigenvalue weighted by atomic mass is 16.5. The maximum Gasteiger partial charge on any atom is 0.253 e. The molecule has 0 heterocycles. The Labute approximate surface area is 183 Å². The summed E-state index contributed by atoms with van der Waals surface area (Å²) in [7, 11) is 5.27. The third kappa shape index (κ3) is 6.22. The molecule has 3 aromatic carbocycles. The van der Waals surface area contributed by atoms with Gasteiger partial charge in [0, 0.05) is 38.6 Å². The number of amides is 1. The van der Waals surface area contributed by atoms with Gasteiger partial charge in [-0.2, -0.15) is 0 Å². The number of nitrogens with one attached hydrogen (secondary N) is 2. The van der Waals surface area contributed by atoms with Gasteiger partial charge in [-0.05, 0) is 35.6 Å². The third-order valence-electron chi connectivity index (χ3n) is 4.91. The second kappa shape index (κ2) is 11.0. The zero-order valence-corrected chi connectivity index (χ0v) is 18.4. The second-order valence-corrected chi connectivity index (χ2v) is 7.40. The van der Waals surface area contributed by atoms with E-state index in [9.17, 15) is 4.79 Å². The van der Waals surface area contributed by atoms with Crippen molar-refractivity contribution in [3.63, 3.8) is 0 Å².